The molecule has 0 aromatic heterocycles. The summed E-state index contributed by atoms with van der Waals surface area (Å²) in [4.78, 5) is 25.6. The number of hydrogen-bond acceptors (Lipinski definition) is 5. The molecule has 0 saturated heterocycles. The van der Waals surface area contributed by atoms with E-state index in [-0.39, 0.29) is 28.6 Å². The number of nitrogens with zero attached hydrogens (tertiary/aromatic N) is 1. The molecule has 1 atom stereocenters. The van der Waals surface area contributed by atoms with Gasteiger partial charge in [-0.05, 0) is 102 Å². The highest BCUT2D eigenvalue weighted by atomic mass is 32.2. The molecule has 8 aromatic rings. The standard InChI is InChI=1S/C43H30N2O5S/c46-19-20-51(50)42-18-17-32(45(48)49)26-41(42)44-43(47)31-22-29(39-24-27-9-1-3-11-33(27)35-13-5-7-15-37(35)39)21-30(23-31)40-25-28-10-2-4-12-34(28)36-14-6-8-16-38(36)40/h1-18,21-26,46H,19-20H2,(H,44,47). The molecule has 0 aliphatic rings. The fourth-order valence-electron chi connectivity index (χ4n) is 6.97. The zero-order chi connectivity index (χ0) is 35.1. The summed E-state index contributed by atoms with van der Waals surface area (Å²) in [6.45, 7) is -0.345. The minimum atomic E-state index is -1.70. The van der Waals surface area contributed by atoms with E-state index in [4.69, 9.17) is 0 Å². The Hall–Kier alpha value is -6.22. The normalized spacial score (nSPS) is 12.0. The van der Waals surface area contributed by atoms with E-state index < -0.39 is 21.6 Å². The van der Waals surface area contributed by atoms with Gasteiger partial charge in [-0.25, -0.2) is 0 Å². The molecule has 8 rings (SSSR count). The fourth-order valence-corrected chi connectivity index (χ4v) is 7.93. The number of nitro groups is 1. The van der Waals surface area contributed by atoms with Crippen LogP contribution in [0.1, 0.15) is 10.4 Å². The van der Waals surface area contributed by atoms with Crippen molar-refractivity contribution in [2.75, 3.05) is 17.7 Å². The lowest BCUT2D eigenvalue weighted by Crippen LogP contribution is -2.15. The van der Waals surface area contributed by atoms with E-state index >= 15 is 0 Å². The first-order chi connectivity index (χ1) is 24.9. The molecular formula is C43H30N2O5S. The minimum Gasteiger partial charge on any atom is -0.395 e. The van der Waals surface area contributed by atoms with Gasteiger partial charge < -0.3 is 10.4 Å². The number of anilines is 1. The number of carbonyl (C=O) groups excluding carboxylic acids is 1. The molecule has 8 heteroatoms. The van der Waals surface area contributed by atoms with Gasteiger partial charge in [0.25, 0.3) is 11.6 Å². The Morgan fingerprint density at radius 2 is 1.12 bits per heavy atom. The average molecular weight is 687 g/mol. The number of aliphatic hydroxyl groups excluding tert-OH is 1. The van der Waals surface area contributed by atoms with Crippen molar-refractivity contribution in [2.24, 2.45) is 0 Å². The topological polar surface area (TPSA) is 110 Å². The second-order valence-electron chi connectivity index (χ2n) is 12.3. The second kappa shape index (κ2) is 13.2. The summed E-state index contributed by atoms with van der Waals surface area (Å²) in [7, 11) is -1.70. The first-order valence-corrected chi connectivity index (χ1v) is 17.8. The predicted molar refractivity (Wildman–Crippen MR) is 207 cm³/mol. The monoisotopic (exact) mass is 686 g/mol. The maximum Gasteiger partial charge on any atom is 0.271 e. The Bertz CT molecular complexity index is 2590. The fraction of sp³-hybridized carbons (Fsp3) is 0.0465. The molecule has 2 N–H and O–H groups in total. The van der Waals surface area contributed by atoms with Crippen LogP contribution in [0.5, 0.6) is 0 Å². The van der Waals surface area contributed by atoms with Crippen LogP contribution >= 0.6 is 0 Å². The zero-order valence-corrected chi connectivity index (χ0v) is 28.0. The molecule has 1 amide bonds. The highest BCUT2D eigenvalue weighted by Crippen LogP contribution is 2.40. The molecule has 248 valence electrons. The van der Waals surface area contributed by atoms with Crippen LogP contribution in [0.4, 0.5) is 11.4 Å². The zero-order valence-electron chi connectivity index (χ0n) is 27.2. The highest BCUT2D eigenvalue weighted by molar-refractivity contribution is 7.85. The van der Waals surface area contributed by atoms with Crippen LogP contribution in [0, 0.1) is 10.1 Å². The molecule has 0 radical (unpaired) electrons. The van der Waals surface area contributed by atoms with Crippen LogP contribution in [0.2, 0.25) is 0 Å². The Labute approximate surface area is 295 Å². The minimum absolute atomic E-state index is 0.0558. The Morgan fingerprint density at radius 1 is 0.627 bits per heavy atom. The maximum absolute atomic E-state index is 14.3. The number of nitrogens with one attached hydrogen (secondary N) is 1. The number of amides is 1. The summed E-state index contributed by atoms with van der Waals surface area (Å²) in [6.07, 6.45) is 0. The summed E-state index contributed by atoms with van der Waals surface area (Å²) >= 11 is 0. The lowest BCUT2D eigenvalue weighted by atomic mass is 9.88. The molecule has 51 heavy (non-hydrogen) atoms. The van der Waals surface area contributed by atoms with Gasteiger partial charge in [0.1, 0.15) is 0 Å². The average Bonchev–Trinajstić information content (AvgIpc) is 3.17. The smallest absolute Gasteiger partial charge is 0.271 e. The molecule has 0 bridgehead atoms. The van der Waals surface area contributed by atoms with Crippen molar-refractivity contribution in [3.8, 4) is 22.3 Å². The van der Waals surface area contributed by atoms with Crippen LogP contribution < -0.4 is 5.32 Å². The van der Waals surface area contributed by atoms with Crippen LogP contribution in [-0.4, -0.2) is 32.5 Å². The maximum atomic E-state index is 14.3. The third kappa shape index (κ3) is 5.90. The van der Waals surface area contributed by atoms with Gasteiger partial charge in [-0.15, -0.1) is 0 Å². The van der Waals surface area contributed by atoms with Crippen molar-refractivity contribution in [1.82, 2.24) is 0 Å². The van der Waals surface area contributed by atoms with Crippen molar-refractivity contribution in [2.45, 2.75) is 4.90 Å². The summed E-state index contributed by atoms with van der Waals surface area (Å²) in [6, 6.07) is 46.8. The molecule has 0 heterocycles. The lowest BCUT2D eigenvalue weighted by Gasteiger charge is -2.17. The van der Waals surface area contributed by atoms with Crippen molar-refractivity contribution in [3.63, 3.8) is 0 Å². The van der Waals surface area contributed by atoms with Gasteiger partial charge in [-0.1, -0.05) is 97.1 Å². The summed E-state index contributed by atoms with van der Waals surface area (Å²) < 4.78 is 13.0. The summed E-state index contributed by atoms with van der Waals surface area (Å²) in [5, 5.41) is 32.6. The number of non-ortho nitro benzene ring substituents is 1. The molecule has 8 aromatic carbocycles. The lowest BCUT2D eigenvalue weighted by molar-refractivity contribution is -0.384. The van der Waals surface area contributed by atoms with Gasteiger partial charge in [0.2, 0.25) is 0 Å². The van der Waals surface area contributed by atoms with Crippen LogP contribution in [0.3, 0.4) is 0 Å². The molecule has 0 aliphatic carbocycles. The molecule has 1 unspecified atom stereocenters. The summed E-state index contributed by atoms with van der Waals surface area (Å²) in [5.74, 6) is -0.597. The van der Waals surface area contributed by atoms with E-state index in [1.165, 1.54) is 18.2 Å². The van der Waals surface area contributed by atoms with Crippen molar-refractivity contribution < 1.29 is 19.0 Å². The Morgan fingerprint density at radius 3 is 1.63 bits per heavy atom. The van der Waals surface area contributed by atoms with Gasteiger partial charge in [0, 0.05) is 17.7 Å². The first kappa shape index (κ1) is 32.0. The Balaban J connectivity index is 1.37. The number of fused-ring (bicyclic) bond motifs is 6. The van der Waals surface area contributed by atoms with Gasteiger partial charge in [-0.3, -0.25) is 19.1 Å². The molecule has 7 nitrogen and oxygen atoms in total. The molecule has 0 aliphatic heterocycles. The van der Waals surface area contributed by atoms with E-state index in [0.29, 0.717) is 5.56 Å². The molecular weight excluding hydrogens is 657 g/mol. The van der Waals surface area contributed by atoms with E-state index in [9.17, 15) is 24.2 Å². The molecule has 0 saturated carbocycles. The summed E-state index contributed by atoms with van der Waals surface area (Å²) in [5.41, 5.74) is 3.66. The number of aliphatic hydroxyl groups is 1. The van der Waals surface area contributed by atoms with Gasteiger partial charge in [0.05, 0.1) is 38.7 Å². The van der Waals surface area contributed by atoms with E-state index in [1.54, 1.807) is 0 Å². The van der Waals surface area contributed by atoms with E-state index in [2.05, 4.69) is 72.0 Å². The predicted octanol–water partition coefficient (Wildman–Crippen LogP) is 9.89. The van der Waals surface area contributed by atoms with Gasteiger partial charge >= 0.3 is 0 Å². The van der Waals surface area contributed by atoms with Crippen molar-refractivity contribution >= 4 is 71.2 Å². The van der Waals surface area contributed by atoms with Crippen LogP contribution in [-0.2, 0) is 10.8 Å². The quantitative estimate of drug-likeness (QED) is 0.0940. The number of rotatable bonds is 8. The number of hydrogen-bond donors (Lipinski definition) is 2. The largest absolute Gasteiger partial charge is 0.395 e. The third-order valence-electron chi connectivity index (χ3n) is 9.30. The Kier molecular flexibility index (Phi) is 8.31. The number of benzene rings is 8. The highest BCUT2D eigenvalue weighted by Gasteiger charge is 2.20. The SMILES string of the molecule is O=C(Nc1cc([N+](=O)[O-])ccc1S(=O)CCO)c1cc(-c2cc3ccccc3c3ccccc23)cc(-c2cc3ccccc3c3ccccc23)c1. The molecule has 0 spiro atoms. The van der Waals surface area contributed by atoms with Gasteiger partial charge in [0.15, 0.2) is 0 Å². The van der Waals surface area contributed by atoms with Crippen LogP contribution in [0.25, 0.3) is 65.3 Å². The van der Waals surface area contributed by atoms with Crippen LogP contribution in [0.15, 0.2) is 150 Å². The van der Waals surface area contributed by atoms with Crippen molar-refractivity contribution in [3.05, 3.63) is 161 Å². The second-order valence-corrected chi connectivity index (χ2v) is 13.9. The van der Waals surface area contributed by atoms with Crippen molar-refractivity contribution in [1.29, 1.82) is 0 Å². The number of carbonyl (C=O) groups is 1. The van der Waals surface area contributed by atoms with E-state index in [0.717, 1.165) is 65.3 Å². The number of nitro benzene ring substituents is 1. The third-order valence-corrected chi connectivity index (χ3v) is 10.7. The molecule has 0 fully saturated rings. The van der Waals surface area contributed by atoms with E-state index in [1.807, 2.05) is 60.7 Å². The first-order valence-electron chi connectivity index (χ1n) is 16.5. The van der Waals surface area contributed by atoms with Gasteiger partial charge in [-0.2, -0.15) is 0 Å².